The minimum absolute atomic E-state index is 0.195. The third kappa shape index (κ3) is 3.16. The maximum Gasteiger partial charge on any atom is 0.128 e. The number of benzene rings is 1. The van der Waals surface area contributed by atoms with Gasteiger partial charge in [0.15, 0.2) is 0 Å². The Morgan fingerprint density at radius 3 is 2.43 bits per heavy atom. The van der Waals surface area contributed by atoms with E-state index in [0.29, 0.717) is 12.0 Å². The van der Waals surface area contributed by atoms with E-state index in [1.54, 1.807) is 6.07 Å². The van der Waals surface area contributed by atoms with E-state index in [2.05, 4.69) is 12.0 Å². The van der Waals surface area contributed by atoms with Gasteiger partial charge < -0.3 is 5.73 Å². The summed E-state index contributed by atoms with van der Waals surface area (Å²) >= 11 is 0. The summed E-state index contributed by atoms with van der Waals surface area (Å²) < 4.78 is 16.0. The fraction of sp³-hybridized carbons (Fsp3) is 0.471. The van der Waals surface area contributed by atoms with Crippen LogP contribution in [0.2, 0.25) is 0 Å². The van der Waals surface area contributed by atoms with Gasteiger partial charge in [0.2, 0.25) is 0 Å². The van der Waals surface area contributed by atoms with Crippen LogP contribution in [0.25, 0.3) is 0 Å². The molecule has 0 aliphatic carbocycles. The quantitative estimate of drug-likeness (QED) is 0.937. The molecule has 4 heteroatoms. The molecule has 1 aromatic heterocycles. The summed E-state index contributed by atoms with van der Waals surface area (Å²) in [5.74, 6) is -0.195. The van der Waals surface area contributed by atoms with Crippen LogP contribution in [-0.4, -0.2) is 9.78 Å². The summed E-state index contributed by atoms with van der Waals surface area (Å²) in [4.78, 5) is 0. The Morgan fingerprint density at radius 1 is 1.24 bits per heavy atom. The molecular weight excluding hydrogens is 265 g/mol. The summed E-state index contributed by atoms with van der Waals surface area (Å²) in [5, 5.41) is 4.41. The molecule has 2 N–H and O–H groups in total. The Bertz CT molecular complexity index is 635. The van der Waals surface area contributed by atoms with Gasteiger partial charge in [-0.2, -0.15) is 5.10 Å². The first-order valence-corrected chi connectivity index (χ1v) is 7.32. The summed E-state index contributed by atoms with van der Waals surface area (Å²) in [7, 11) is 1.94. The molecule has 2 rings (SSSR count). The first-order chi connectivity index (χ1) is 9.81. The first kappa shape index (κ1) is 15.7. The Kier molecular flexibility index (Phi) is 4.47. The lowest BCUT2D eigenvalue weighted by atomic mass is 9.94. The van der Waals surface area contributed by atoms with E-state index < -0.39 is 0 Å². The van der Waals surface area contributed by atoms with Gasteiger partial charge >= 0.3 is 0 Å². The number of aromatic nitrogens is 2. The number of hydrogen-bond acceptors (Lipinski definition) is 2. The fourth-order valence-corrected chi connectivity index (χ4v) is 3.02. The second-order valence-electron chi connectivity index (χ2n) is 5.90. The highest BCUT2D eigenvalue weighted by atomic mass is 19.1. The average Bonchev–Trinajstić information content (AvgIpc) is 2.60. The zero-order chi connectivity index (χ0) is 15.7. The second kappa shape index (κ2) is 5.98. The lowest BCUT2D eigenvalue weighted by molar-refractivity contribution is 0.559. The molecule has 0 saturated carbocycles. The second-order valence-corrected chi connectivity index (χ2v) is 5.90. The van der Waals surface area contributed by atoms with Crippen molar-refractivity contribution in [3.8, 4) is 0 Å². The molecule has 1 heterocycles. The molecule has 0 amide bonds. The predicted octanol–water partition coefficient (Wildman–Crippen LogP) is 3.43. The normalized spacial score (nSPS) is 12.7. The number of nitrogens with zero attached hydrogens (tertiary/aromatic N) is 2. The third-order valence-corrected chi connectivity index (χ3v) is 4.22. The molecule has 2 aromatic rings. The number of nitrogens with two attached hydrogens (primary N) is 1. The van der Waals surface area contributed by atoms with Crippen LogP contribution in [0.4, 0.5) is 4.39 Å². The van der Waals surface area contributed by atoms with Crippen LogP contribution >= 0.6 is 0 Å². The molecule has 3 nitrogen and oxygen atoms in total. The van der Waals surface area contributed by atoms with Gasteiger partial charge in [0.25, 0.3) is 0 Å². The van der Waals surface area contributed by atoms with E-state index in [9.17, 15) is 4.39 Å². The smallest absolute Gasteiger partial charge is 0.128 e. The van der Waals surface area contributed by atoms with Gasteiger partial charge in [-0.25, -0.2) is 4.39 Å². The number of halogens is 1. The topological polar surface area (TPSA) is 43.8 Å². The molecule has 0 saturated heterocycles. The van der Waals surface area contributed by atoms with E-state index >= 15 is 0 Å². The number of aryl methyl sites for hydroxylation is 4. The lowest BCUT2D eigenvalue weighted by Crippen LogP contribution is -2.15. The predicted molar refractivity (Wildman–Crippen MR) is 83.8 cm³/mol. The molecule has 0 spiro atoms. The summed E-state index contributed by atoms with van der Waals surface area (Å²) in [6.07, 6.45) is 1.54. The molecule has 1 unspecified atom stereocenters. The van der Waals surface area contributed by atoms with Crippen molar-refractivity contribution in [1.29, 1.82) is 0 Å². The van der Waals surface area contributed by atoms with Gasteiger partial charge in [-0.3, -0.25) is 4.68 Å². The highest BCUT2D eigenvalue weighted by Crippen LogP contribution is 2.26. The van der Waals surface area contributed by atoms with Gasteiger partial charge in [-0.1, -0.05) is 6.07 Å². The molecule has 1 atom stereocenters. The minimum Gasteiger partial charge on any atom is -0.324 e. The van der Waals surface area contributed by atoms with Gasteiger partial charge in [-0.15, -0.1) is 0 Å². The summed E-state index contributed by atoms with van der Waals surface area (Å²) in [5.41, 5.74) is 12.1. The van der Waals surface area contributed by atoms with Crippen molar-refractivity contribution in [3.63, 3.8) is 0 Å². The molecule has 0 radical (unpaired) electrons. The average molecular weight is 289 g/mol. The number of rotatable bonds is 4. The van der Waals surface area contributed by atoms with Crippen molar-refractivity contribution >= 4 is 0 Å². The van der Waals surface area contributed by atoms with Crippen LogP contribution in [0.1, 0.15) is 46.1 Å². The molecule has 1 aromatic carbocycles. The van der Waals surface area contributed by atoms with Crippen molar-refractivity contribution in [2.45, 2.75) is 46.6 Å². The monoisotopic (exact) mass is 289 g/mol. The molecule has 0 bridgehead atoms. The lowest BCUT2D eigenvalue weighted by Gasteiger charge is -2.16. The molecule has 114 valence electrons. The first-order valence-electron chi connectivity index (χ1n) is 7.32. The van der Waals surface area contributed by atoms with Gasteiger partial charge in [0.05, 0.1) is 5.69 Å². The van der Waals surface area contributed by atoms with E-state index in [1.165, 1.54) is 5.56 Å². The Labute approximate surface area is 126 Å². The summed E-state index contributed by atoms with van der Waals surface area (Å²) in [6.45, 7) is 7.88. The molecule has 0 aliphatic rings. The largest absolute Gasteiger partial charge is 0.324 e. The SMILES string of the molecule is Cc1cc(C)c(C(N)CCc2c(C)nn(C)c2C)c(F)c1. The van der Waals surface area contributed by atoms with Crippen molar-refractivity contribution in [3.05, 3.63) is 51.6 Å². The molecule has 0 aliphatic heterocycles. The van der Waals surface area contributed by atoms with E-state index in [4.69, 9.17) is 5.73 Å². The van der Waals surface area contributed by atoms with Crippen LogP contribution in [0.5, 0.6) is 0 Å². The third-order valence-electron chi connectivity index (χ3n) is 4.22. The van der Waals surface area contributed by atoms with Crippen molar-refractivity contribution in [2.75, 3.05) is 0 Å². The van der Waals surface area contributed by atoms with Crippen LogP contribution < -0.4 is 5.73 Å². The van der Waals surface area contributed by atoms with Crippen molar-refractivity contribution < 1.29 is 4.39 Å². The Hall–Kier alpha value is -1.68. The zero-order valence-corrected chi connectivity index (χ0v) is 13.5. The fourth-order valence-electron chi connectivity index (χ4n) is 3.02. The maximum absolute atomic E-state index is 14.2. The van der Waals surface area contributed by atoms with Gasteiger partial charge in [0.1, 0.15) is 5.82 Å². The Morgan fingerprint density at radius 2 is 1.90 bits per heavy atom. The van der Waals surface area contributed by atoms with Crippen LogP contribution in [0.3, 0.4) is 0 Å². The van der Waals surface area contributed by atoms with E-state index in [1.807, 2.05) is 38.6 Å². The van der Waals surface area contributed by atoms with Gasteiger partial charge in [0, 0.05) is 24.3 Å². The van der Waals surface area contributed by atoms with E-state index in [0.717, 1.165) is 28.9 Å². The van der Waals surface area contributed by atoms with Crippen LogP contribution in [0, 0.1) is 33.5 Å². The highest BCUT2D eigenvalue weighted by molar-refractivity contribution is 5.34. The highest BCUT2D eigenvalue weighted by Gasteiger charge is 2.17. The zero-order valence-electron chi connectivity index (χ0n) is 13.5. The van der Waals surface area contributed by atoms with Crippen LogP contribution in [-0.2, 0) is 13.5 Å². The molecular formula is C17H24FN3. The van der Waals surface area contributed by atoms with Crippen molar-refractivity contribution in [2.24, 2.45) is 12.8 Å². The van der Waals surface area contributed by atoms with Crippen molar-refractivity contribution in [1.82, 2.24) is 9.78 Å². The number of hydrogen-bond donors (Lipinski definition) is 1. The molecule has 21 heavy (non-hydrogen) atoms. The minimum atomic E-state index is -0.287. The summed E-state index contributed by atoms with van der Waals surface area (Å²) in [6, 6.07) is 3.26. The van der Waals surface area contributed by atoms with Gasteiger partial charge in [-0.05, 0) is 63.3 Å². The maximum atomic E-state index is 14.2. The Balaban J connectivity index is 2.17. The molecule has 0 fully saturated rings. The van der Waals surface area contributed by atoms with Crippen LogP contribution in [0.15, 0.2) is 12.1 Å². The standard InChI is InChI=1S/C17H24FN3/c1-10-8-11(2)17(15(18)9-10)16(19)7-6-14-12(3)20-21(5)13(14)4/h8-9,16H,6-7,19H2,1-5H3. The van der Waals surface area contributed by atoms with E-state index in [-0.39, 0.29) is 11.9 Å².